The Labute approximate surface area is 142 Å². The van der Waals surface area contributed by atoms with Crippen molar-refractivity contribution in [1.29, 1.82) is 0 Å². The van der Waals surface area contributed by atoms with Gasteiger partial charge in [-0.3, -0.25) is 29.8 Å². The van der Waals surface area contributed by atoms with Gasteiger partial charge in [-0.25, -0.2) is 0 Å². The van der Waals surface area contributed by atoms with Crippen molar-refractivity contribution in [1.82, 2.24) is 0 Å². The molecule has 0 aromatic rings. The van der Waals surface area contributed by atoms with Gasteiger partial charge in [-0.1, -0.05) is 0 Å². The molecule has 0 N–H and O–H groups in total. The normalized spacial score (nSPS) is 14.9. The third-order valence-electron chi connectivity index (χ3n) is 1.64. The van der Waals surface area contributed by atoms with Crippen LogP contribution >= 0.6 is 0 Å². The number of ketones is 2. The molecule has 0 aromatic heterocycles. The third kappa shape index (κ3) is 3.16. The van der Waals surface area contributed by atoms with Crippen molar-refractivity contribution in [3.05, 3.63) is 43.1 Å². The van der Waals surface area contributed by atoms with E-state index in [9.17, 15) is 40.0 Å². The van der Waals surface area contributed by atoms with Crippen LogP contribution in [-0.4, -0.2) is 21.4 Å². The fourth-order valence-electron chi connectivity index (χ4n) is 0.968. The van der Waals surface area contributed by atoms with Crippen LogP contribution in [0.5, 0.6) is 0 Å². The molecule has 0 unspecified atom stereocenters. The summed E-state index contributed by atoms with van der Waals surface area (Å²) in [6.45, 7) is 0. The van der Waals surface area contributed by atoms with Gasteiger partial charge in [-0.05, 0) is 0 Å². The van der Waals surface area contributed by atoms with Crippen LogP contribution in [0.3, 0.4) is 0 Å². The molecule has 0 amide bonds. The van der Waals surface area contributed by atoms with Gasteiger partial charge in [-0.15, -0.1) is 0 Å². The van der Waals surface area contributed by atoms with Crippen molar-refractivity contribution >= 4 is 11.6 Å². The minimum absolute atomic E-state index is 0. The Morgan fingerprint density at radius 2 is 0.944 bits per heavy atom. The van der Waals surface area contributed by atoms with Gasteiger partial charge in [0.15, 0.2) is 0 Å². The van der Waals surface area contributed by atoms with E-state index in [1.807, 2.05) is 0 Å². The number of Topliss-reactive ketones (excluding diaryl/α,β-unsaturated/α-hetero) is 2. The summed E-state index contributed by atoms with van der Waals surface area (Å²) >= 11 is 0. The van der Waals surface area contributed by atoms with Gasteiger partial charge in [-0.2, -0.15) is 0 Å². The Morgan fingerprint density at radius 3 is 1.11 bits per heavy atom. The Balaban J connectivity index is 0. The monoisotopic (exact) mass is 274 g/mol. The van der Waals surface area contributed by atoms with Gasteiger partial charge in [0.05, 0.1) is 9.85 Å². The van der Waals surface area contributed by atoms with E-state index >= 15 is 0 Å². The minimum atomic E-state index is -1.96. The summed E-state index contributed by atoms with van der Waals surface area (Å²) in [4.78, 5) is 39.2. The third-order valence-corrected chi connectivity index (χ3v) is 1.64. The number of carbonyl (C=O) groups excluding carboxylic acids is 2. The molecule has 0 aliphatic heterocycles. The van der Waals surface area contributed by atoms with Crippen molar-refractivity contribution in [2.75, 3.05) is 0 Å². The maximum atomic E-state index is 10.9. The molecule has 0 bridgehead atoms. The van der Waals surface area contributed by atoms with E-state index < -0.39 is 44.3 Å². The van der Waals surface area contributed by atoms with E-state index in [4.69, 9.17) is 0 Å². The number of nitrogens with zero attached hydrogens (tertiary/aromatic N) is 2. The molecule has 0 aromatic carbocycles. The summed E-state index contributed by atoms with van der Waals surface area (Å²) < 4.78 is 0. The Kier molecular flexibility index (Phi) is 7.57. The zero-order chi connectivity index (χ0) is 12.6. The predicted octanol–water partition coefficient (Wildman–Crippen LogP) is -9.16. The average molecular weight is 274 g/mol. The van der Waals surface area contributed by atoms with Gasteiger partial charge in [0.2, 0.25) is 0 Å². The molecule has 1 aliphatic rings. The fourth-order valence-corrected chi connectivity index (χ4v) is 0.968. The van der Waals surface area contributed by atoms with E-state index in [1.54, 1.807) is 0 Å². The standard InChI is InChI=1S/C6H2N2O8.2Na/c9-3-1(7(13)14)4(10)6(12)2(5(3)11)8(15)16;;/h9,12H;;/q;2*+1/p-2. The van der Waals surface area contributed by atoms with Crippen LogP contribution in [0.15, 0.2) is 22.9 Å². The summed E-state index contributed by atoms with van der Waals surface area (Å²) in [6.07, 6.45) is 0. The molecule has 0 saturated carbocycles. The SMILES string of the molecule is O=C1C([O-])=C([N+](=O)[O-])C(=O)C([O-])=C1[N+](=O)[O-].[Na+].[Na+]. The van der Waals surface area contributed by atoms with Gasteiger partial charge < -0.3 is 10.2 Å². The molecule has 0 fully saturated rings. The van der Waals surface area contributed by atoms with Crippen LogP contribution in [0.25, 0.3) is 0 Å². The van der Waals surface area contributed by atoms with Crippen molar-refractivity contribution in [2.24, 2.45) is 0 Å². The van der Waals surface area contributed by atoms with Crippen LogP contribution in [0.4, 0.5) is 0 Å². The number of carbonyl (C=O) groups is 2. The smallest absolute Gasteiger partial charge is 0.865 e. The Bertz CT molecular complexity index is 462. The fraction of sp³-hybridized carbons (Fsp3) is 0. The van der Waals surface area contributed by atoms with Crippen molar-refractivity contribution in [3.63, 3.8) is 0 Å². The molecule has 0 radical (unpaired) electrons. The Hall–Kier alpha value is -0.780. The van der Waals surface area contributed by atoms with Crippen LogP contribution in [0, 0.1) is 20.2 Å². The molecule has 0 heterocycles. The molecule has 0 saturated heterocycles. The van der Waals surface area contributed by atoms with E-state index in [0.29, 0.717) is 0 Å². The van der Waals surface area contributed by atoms with Crippen molar-refractivity contribution < 1.29 is 88.8 Å². The zero-order valence-electron chi connectivity index (χ0n) is 9.16. The first-order chi connectivity index (χ1) is 7.29. The number of rotatable bonds is 2. The first-order valence-electron chi connectivity index (χ1n) is 3.49. The molecular weight excluding hydrogens is 274 g/mol. The second kappa shape index (κ2) is 6.97. The number of nitro groups is 2. The summed E-state index contributed by atoms with van der Waals surface area (Å²) in [7, 11) is 0. The minimum Gasteiger partial charge on any atom is -0.865 e. The van der Waals surface area contributed by atoms with E-state index in [-0.39, 0.29) is 59.1 Å². The maximum Gasteiger partial charge on any atom is 1.00 e. The molecule has 18 heavy (non-hydrogen) atoms. The van der Waals surface area contributed by atoms with Crippen LogP contribution in [0.1, 0.15) is 0 Å². The van der Waals surface area contributed by atoms with Gasteiger partial charge >= 0.3 is 70.5 Å². The summed E-state index contributed by atoms with van der Waals surface area (Å²) in [5, 5.41) is 42.2. The molecule has 1 rings (SSSR count). The molecule has 84 valence electrons. The summed E-state index contributed by atoms with van der Waals surface area (Å²) in [5.74, 6) is -7.83. The number of hydrogen-bond donors (Lipinski definition) is 0. The first-order valence-corrected chi connectivity index (χ1v) is 3.49. The Morgan fingerprint density at radius 1 is 0.722 bits per heavy atom. The van der Waals surface area contributed by atoms with Crippen LogP contribution < -0.4 is 69.3 Å². The number of hydrogen-bond acceptors (Lipinski definition) is 8. The molecular formula is C6N2Na2O8. The van der Waals surface area contributed by atoms with E-state index in [0.717, 1.165) is 0 Å². The summed E-state index contributed by atoms with van der Waals surface area (Å²) in [6, 6.07) is 0. The van der Waals surface area contributed by atoms with Gasteiger partial charge in [0.1, 0.15) is 0 Å². The molecule has 12 heteroatoms. The average Bonchev–Trinajstić information content (AvgIpc) is 2.14. The predicted molar refractivity (Wildman–Crippen MR) is 38.1 cm³/mol. The zero-order valence-corrected chi connectivity index (χ0v) is 13.2. The second-order valence-electron chi connectivity index (χ2n) is 2.53. The van der Waals surface area contributed by atoms with Crippen LogP contribution in [0.2, 0.25) is 0 Å². The maximum absolute atomic E-state index is 10.9. The second-order valence-corrected chi connectivity index (χ2v) is 2.53. The largest absolute Gasteiger partial charge is 1.00 e. The van der Waals surface area contributed by atoms with Crippen molar-refractivity contribution in [3.8, 4) is 0 Å². The van der Waals surface area contributed by atoms with E-state index in [2.05, 4.69) is 0 Å². The van der Waals surface area contributed by atoms with Crippen LogP contribution in [-0.2, 0) is 9.59 Å². The molecule has 10 nitrogen and oxygen atoms in total. The van der Waals surface area contributed by atoms with Gasteiger partial charge in [0.25, 0.3) is 11.6 Å². The molecule has 0 atom stereocenters. The topological polar surface area (TPSA) is 167 Å². The molecule has 0 spiro atoms. The quantitative estimate of drug-likeness (QED) is 0.207. The first kappa shape index (κ1) is 19.6. The van der Waals surface area contributed by atoms with Crippen molar-refractivity contribution in [2.45, 2.75) is 0 Å². The summed E-state index contributed by atoms with van der Waals surface area (Å²) in [5.41, 5.74) is -3.53. The van der Waals surface area contributed by atoms with E-state index in [1.165, 1.54) is 0 Å². The van der Waals surface area contributed by atoms with Gasteiger partial charge in [0, 0.05) is 11.5 Å². The molecule has 1 aliphatic carbocycles.